The van der Waals surface area contributed by atoms with E-state index in [4.69, 9.17) is 9.72 Å². The second-order valence-corrected chi connectivity index (χ2v) is 5.68. The van der Waals surface area contributed by atoms with Gasteiger partial charge in [-0.2, -0.15) is 0 Å². The Morgan fingerprint density at radius 3 is 2.62 bits per heavy atom. The van der Waals surface area contributed by atoms with Crippen LogP contribution in [0, 0.1) is 0 Å². The van der Waals surface area contributed by atoms with Crippen LogP contribution in [0.15, 0.2) is 24.3 Å². The normalized spacial score (nSPS) is 16.0. The fourth-order valence-electron chi connectivity index (χ4n) is 2.97. The summed E-state index contributed by atoms with van der Waals surface area (Å²) in [6.07, 6.45) is 1.82. The summed E-state index contributed by atoms with van der Waals surface area (Å²) < 4.78 is 8.06. The van der Waals surface area contributed by atoms with Crippen molar-refractivity contribution in [1.82, 2.24) is 14.9 Å². The van der Waals surface area contributed by atoms with Gasteiger partial charge < -0.3 is 14.6 Å². The Morgan fingerprint density at radius 2 is 2.05 bits per heavy atom. The van der Waals surface area contributed by atoms with Gasteiger partial charge in [-0.05, 0) is 39.4 Å². The fraction of sp³-hybridized carbons (Fsp3) is 0.588. The first-order valence-corrected chi connectivity index (χ1v) is 7.76. The predicted octanol–water partition coefficient (Wildman–Crippen LogP) is 3.00. The van der Waals surface area contributed by atoms with Crippen LogP contribution in [-0.2, 0) is 17.7 Å². The fourth-order valence-corrected chi connectivity index (χ4v) is 2.97. The summed E-state index contributed by atoms with van der Waals surface area (Å²) in [5.74, 6) is 1.12. The first-order valence-electron chi connectivity index (χ1n) is 7.76. The van der Waals surface area contributed by atoms with Crippen LogP contribution in [0.25, 0.3) is 11.0 Å². The first-order chi connectivity index (χ1) is 10.1. The van der Waals surface area contributed by atoms with Crippen molar-refractivity contribution in [3.63, 3.8) is 0 Å². The van der Waals surface area contributed by atoms with Gasteiger partial charge in [0.2, 0.25) is 0 Å². The number of nitrogens with one attached hydrogen (secondary N) is 1. The molecule has 1 aromatic heterocycles. The van der Waals surface area contributed by atoms with E-state index in [0.717, 1.165) is 30.7 Å². The number of fused-ring (bicyclic) bond motifs is 1. The van der Waals surface area contributed by atoms with Crippen LogP contribution in [0.2, 0.25) is 0 Å². The van der Waals surface area contributed by atoms with Gasteiger partial charge in [-0.3, -0.25) is 0 Å². The highest BCUT2D eigenvalue weighted by Gasteiger charge is 2.32. The van der Waals surface area contributed by atoms with Gasteiger partial charge in [-0.25, -0.2) is 4.98 Å². The predicted molar refractivity (Wildman–Crippen MR) is 87.7 cm³/mol. The Hall–Kier alpha value is -1.39. The molecule has 116 valence electrons. The number of para-hydroxylation sites is 2. The number of aromatic nitrogens is 2. The molecule has 0 amide bonds. The van der Waals surface area contributed by atoms with E-state index >= 15 is 0 Å². The Bertz CT molecular complexity index is 587. The van der Waals surface area contributed by atoms with Crippen molar-refractivity contribution in [1.29, 1.82) is 0 Å². The van der Waals surface area contributed by atoms with Crippen molar-refractivity contribution in [3.05, 3.63) is 30.1 Å². The van der Waals surface area contributed by atoms with Gasteiger partial charge in [0.05, 0.1) is 16.6 Å². The molecule has 0 saturated carbocycles. The van der Waals surface area contributed by atoms with Crippen molar-refractivity contribution < 1.29 is 4.74 Å². The highest BCUT2D eigenvalue weighted by Crippen LogP contribution is 2.24. The summed E-state index contributed by atoms with van der Waals surface area (Å²) in [4.78, 5) is 4.82. The summed E-state index contributed by atoms with van der Waals surface area (Å²) in [6, 6.07) is 8.56. The zero-order valence-corrected chi connectivity index (χ0v) is 13.8. The average molecular weight is 289 g/mol. The number of hydrogen-bond acceptors (Lipinski definition) is 3. The lowest BCUT2D eigenvalue weighted by atomic mass is 9.90. The molecule has 2 atom stereocenters. The van der Waals surface area contributed by atoms with Crippen molar-refractivity contribution in [2.75, 3.05) is 14.2 Å². The van der Waals surface area contributed by atoms with E-state index in [2.05, 4.69) is 48.9 Å². The third kappa shape index (κ3) is 2.97. The summed E-state index contributed by atoms with van der Waals surface area (Å²) in [5.41, 5.74) is 2.09. The maximum Gasteiger partial charge on any atom is 0.111 e. The molecular weight excluding hydrogens is 262 g/mol. The Morgan fingerprint density at radius 1 is 1.33 bits per heavy atom. The minimum Gasteiger partial charge on any atom is -0.377 e. The summed E-state index contributed by atoms with van der Waals surface area (Å²) in [6.45, 7) is 7.42. The summed E-state index contributed by atoms with van der Waals surface area (Å²) in [5, 5.41) is 3.41. The molecule has 0 radical (unpaired) electrons. The molecule has 1 aromatic carbocycles. The molecule has 1 heterocycles. The highest BCUT2D eigenvalue weighted by molar-refractivity contribution is 5.75. The lowest BCUT2D eigenvalue weighted by Gasteiger charge is -2.35. The number of nitrogens with zero attached hydrogens (tertiary/aromatic N) is 2. The van der Waals surface area contributed by atoms with E-state index in [9.17, 15) is 0 Å². The number of imidazole rings is 1. The third-order valence-electron chi connectivity index (χ3n) is 4.69. The molecule has 2 unspecified atom stereocenters. The molecule has 2 aromatic rings. The molecule has 4 nitrogen and oxygen atoms in total. The van der Waals surface area contributed by atoms with Crippen LogP contribution in [0.1, 0.15) is 33.0 Å². The van der Waals surface area contributed by atoms with Gasteiger partial charge in [0, 0.05) is 26.1 Å². The first kappa shape index (κ1) is 16.0. The van der Waals surface area contributed by atoms with Gasteiger partial charge >= 0.3 is 0 Å². The van der Waals surface area contributed by atoms with Crippen molar-refractivity contribution in [3.8, 4) is 0 Å². The minimum atomic E-state index is -0.189. The van der Waals surface area contributed by atoms with Gasteiger partial charge in [-0.15, -0.1) is 0 Å². The monoisotopic (exact) mass is 289 g/mol. The van der Waals surface area contributed by atoms with E-state index in [0.29, 0.717) is 0 Å². The topological polar surface area (TPSA) is 39.1 Å². The summed E-state index contributed by atoms with van der Waals surface area (Å²) >= 11 is 0. The van der Waals surface area contributed by atoms with Crippen molar-refractivity contribution >= 4 is 11.0 Å². The van der Waals surface area contributed by atoms with Gasteiger partial charge in [-0.1, -0.05) is 19.1 Å². The maximum atomic E-state index is 5.76. The molecular formula is C17H27N3O. The van der Waals surface area contributed by atoms with Crippen LogP contribution in [0.3, 0.4) is 0 Å². The molecule has 0 saturated heterocycles. The minimum absolute atomic E-state index is 0.189. The smallest absolute Gasteiger partial charge is 0.111 e. The molecule has 21 heavy (non-hydrogen) atoms. The van der Waals surface area contributed by atoms with E-state index in [1.54, 1.807) is 7.11 Å². The zero-order valence-electron chi connectivity index (χ0n) is 13.8. The van der Waals surface area contributed by atoms with Gasteiger partial charge in [0.1, 0.15) is 5.82 Å². The number of rotatable bonds is 7. The third-order valence-corrected chi connectivity index (χ3v) is 4.69. The number of aryl methyl sites for hydroxylation is 1. The Kier molecular flexibility index (Phi) is 5.01. The largest absolute Gasteiger partial charge is 0.377 e. The molecule has 0 bridgehead atoms. The zero-order chi connectivity index (χ0) is 15.5. The summed E-state index contributed by atoms with van der Waals surface area (Å²) in [7, 11) is 3.78. The van der Waals surface area contributed by atoms with Crippen LogP contribution in [0.4, 0.5) is 0 Å². The van der Waals surface area contributed by atoms with Crippen molar-refractivity contribution in [2.24, 2.45) is 0 Å². The number of hydrogen-bond donors (Lipinski definition) is 1. The SMILES string of the molecule is CCn1c(CC(NC)C(C)(CC)OC)nc2ccccc21. The second kappa shape index (κ2) is 6.58. The second-order valence-electron chi connectivity index (χ2n) is 5.68. The molecule has 0 aliphatic heterocycles. The van der Waals surface area contributed by atoms with E-state index in [-0.39, 0.29) is 11.6 Å². The van der Waals surface area contributed by atoms with E-state index < -0.39 is 0 Å². The highest BCUT2D eigenvalue weighted by atomic mass is 16.5. The van der Waals surface area contributed by atoms with Crippen LogP contribution in [-0.4, -0.2) is 35.4 Å². The van der Waals surface area contributed by atoms with Gasteiger partial charge in [0.15, 0.2) is 0 Å². The van der Waals surface area contributed by atoms with Gasteiger partial charge in [0.25, 0.3) is 0 Å². The standard InChI is InChI=1S/C17H27N3O/c1-6-17(3,21-5)15(18-4)12-16-19-13-10-8-9-11-14(13)20(16)7-2/h8-11,15,18H,6-7,12H2,1-5H3. The van der Waals surface area contributed by atoms with E-state index in [1.165, 1.54) is 5.52 Å². The molecule has 4 heteroatoms. The number of ether oxygens (including phenoxy) is 1. The van der Waals surface area contributed by atoms with Crippen LogP contribution in [0.5, 0.6) is 0 Å². The lowest BCUT2D eigenvalue weighted by Crippen LogP contribution is -2.50. The number of likely N-dealkylation sites (N-methyl/N-ethyl adjacent to an activating group) is 1. The van der Waals surface area contributed by atoms with Crippen molar-refractivity contribution in [2.45, 2.75) is 51.8 Å². The molecule has 0 spiro atoms. The van der Waals surface area contributed by atoms with Crippen LogP contribution < -0.4 is 5.32 Å². The molecule has 0 aliphatic rings. The molecule has 1 N–H and O–H groups in total. The average Bonchev–Trinajstić information content (AvgIpc) is 2.88. The lowest BCUT2D eigenvalue weighted by molar-refractivity contribution is -0.0274. The van der Waals surface area contributed by atoms with Crippen LogP contribution >= 0.6 is 0 Å². The molecule has 0 fully saturated rings. The Labute approximate surface area is 127 Å². The molecule has 2 rings (SSSR count). The Balaban J connectivity index is 2.37. The number of methoxy groups -OCH3 is 1. The maximum absolute atomic E-state index is 5.76. The van der Waals surface area contributed by atoms with E-state index in [1.807, 2.05) is 13.1 Å². The number of benzene rings is 1. The quantitative estimate of drug-likeness (QED) is 0.851. The molecule has 0 aliphatic carbocycles.